The van der Waals surface area contributed by atoms with Crippen LogP contribution < -0.4 is 0 Å². The maximum absolute atomic E-state index is 12.6. The molecule has 1 amide bonds. The van der Waals surface area contributed by atoms with Gasteiger partial charge in [-0.05, 0) is 29.8 Å². The first-order chi connectivity index (χ1) is 13.2. The number of rotatable bonds is 5. The van der Waals surface area contributed by atoms with E-state index < -0.39 is 0 Å². The summed E-state index contributed by atoms with van der Waals surface area (Å²) in [5, 5.41) is 6.49. The zero-order valence-corrected chi connectivity index (χ0v) is 16.2. The van der Waals surface area contributed by atoms with Crippen LogP contribution in [0.15, 0.2) is 57.9 Å². The van der Waals surface area contributed by atoms with Crippen molar-refractivity contribution in [2.75, 3.05) is 31.9 Å². The SMILES string of the molecule is Cc1cc(CN2CCN(C(=O)CSc3ccc4ccccc4c3)CC2)no1. The number of nitrogens with zero attached hydrogens (tertiary/aromatic N) is 3. The van der Waals surface area contributed by atoms with Gasteiger partial charge in [0.1, 0.15) is 5.76 Å². The highest BCUT2D eigenvalue weighted by Crippen LogP contribution is 2.24. The number of thioether (sulfide) groups is 1. The van der Waals surface area contributed by atoms with Crippen molar-refractivity contribution in [3.8, 4) is 0 Å². The van der Waals surface area contributed by atoms with Gasteiger partial charge >= 0.3 is 0 Å². The molecule has 0 saturated carbocycles. The molecule has 1 saturated heterocycles. The summed E-state index contributed by atoms with van der Waals surface area (Å²) in [6.45, 7) is 5.98. The third kappa shape index (κ3) is 4.51. The minimum absolute atomic E-state index is 0.213. The first-order valence-corrected chi connectivity index (χ1v) is 10.2. The van der Waals surface area contributed by atoms with Crippen molar-refractivity contribution in [2.45, 2.75) is 18.4 Å². The summed E-state index contributed by atoms with van der Waals surface area (Å²) in [5.74, 6) is 1.54. The summed E-state index contributed by atoms with van der Waals surface area (Å²) in [4.78, 5) is 18.0. The molecule has 5 nitrogen and oxygen atoms in total. The van der Waals surface area contributed by atoms with Crippen LogP contribution in [-0.2, 0) is 11.3 Å². The molecule has 27 heavy (non-hydrogen) atoms. The lowest BCUT2D eigenvalue weighted by Crippen LogP contribution is -2.48. The number of carbonyl (C=O) groups is 1. The molecular weight excluding hydrogens is 358 g/mol. The Bertz CT molecular complexity index is 932. The number of aryl methyl sites for hydroxylation is 1. The Morgan fingerprint density at radius 2 is 1.85 bits per heavy atom. The van der Waals surface area contributed by atoms with Crippen molar-refractivity contribution in [3.05, 3.63) is 60.0 Å². The molecule has 0 unspecified atom stereocenters. The summed E-state index contributed by atoms with van der Waals surface area (Å²) in [6.07, 6.45) is 0. The number of hydrogen-bond acceptors (Lipinski definition) is 5. The predicted octanol–water partition coefficient (Wildman–Crippen LogP) is 3.57. The van der Waals surface area contributed by atoms with Gasteiger partial charge in [-0.25, -0.2) is 0 Å². The molecule has 4 rings (SSSR count). The van der Waals surface area contributed by atoms with E-state index in [1.807, 2.05) is 30.0 Å². The molecule has 0 aliphatic carbocycles. The van der Waals surface area contributed by atoms with Crippen LogP contribution in [0.3, 0.4) is 0 Å². The molecule has 1 fully saturated rings. The predicted molar refractivity (Wildman–Crippen MR) is 108 cm³/mol. The van der Waals surface area contributed by atoms with Crippen molar-refractivity contribution in [3.63, 3.8) is 0 Å². The highest BCUT2D eigenvalue weighted by molar-refractivity contribution is 8.00. The van der Waals surface area contributed by atoms with E-state index in [0.717, 1.165) is 49.1 Å². The van der Waals surface area contributed by atoms with E-state index in [1.165, 1.54) is 10.8 Å². The quantitative estimate of drug-likeness (QED) is 0.633. The zero-order valence-electron chi connectivity index (χ0n) is 15.4. The summed E-state index contributed by atoms with van der Waals surface area (Å²) < 4.78 is 5.12. The van der Waals surface area contributed by atoms with E-state index in [0.29, 0.717) is 5.75 Å². The fraction of sp³-hybridized carbons (Fsp3) is 0.333. The average molecular weight is 382 g/mol. The first-order valence-electron chi connectivity index (χ1n) is 9.21. The second kappa shape index (κ2) is 8.15. The van der Waals surface area contributed by atoms with Crippen molar-refractivity contribution in [1.82, 2.24) is 15.0 Å². The topological polar surface area (TPSA) is 49.6 Å². The maximum atomic E-state index is 12.6. The number of carbonyl (C=O) groups excluding carboxylic acids is 1. The Labute approximate surface area is 163 Å². The molecule has 0 N–H and O–H groups in total. The molecule has 0 spiro atoms. The molecule has 140 valence electrons. The Kier molecular flexibility index (Phi) is 5.45. The van der Waals surface area contributed by atoms with Crippen LogP contribution in [-0.4, -0.2) is 52.8 Å². The monoisotopic (exact) mass is 381 g/mol. The number of piperazine rings is 1. The lowest BCUT2D eigenvalue weighted by molar-refractivity contribution is -0.130. The van der Waals surface area contributed by atoms with Gasteiger partial charge in [0.25, 0.3) is 0 Å². The second-order valence-corrected chi connectivity index (χ2v) is 7.93. The van der Waals surface area contributed by atoms with Crippen LogP contribution >= 0.6 is 11.8 Å². The van der Waals surface area contributed by atoms with Gasteiger partial charge < -0.3 is 9.42 Å². The van der Waals surface area contributed by atoms with Crippen molar-refractivity contribution >= 4 is 28.4 Å². The van der Waals surface area contributed by atoms with Crippen LogP contribution in [0.25, 0.3) is 10.8 Å². The number of hydrogen-bond donors (Lipinski definition) is 0. The van der Waals surface area contributed by atoms with Crippen molar-refractivity contribution < 1.29 is 9.32 Å². The molecule has 1 aliphatic rings. The maximum Gasteiger partial charge on any atom is 0.233 e. The van der Waals surface area contributed by atoms with E-state index in [-0.39, 0.29) is 5.91 Å². The number of benzene rings is 2. The van der Waals surface area contributed by atoms with Crippen molar-refractivity contribution in [1.29, 1.82) is 0 Å². The molecular formula is C21H23N3O2S. The van der Waals surface area contributed by atoms with Gasteiger partial charge in [-0.2, -0.15) is 0 Å². The van der Waals surface area contributed by atoms with Gasteiger partial charge in [0, 0.05) is 43.7 Å². The largest absolute Gasteiger partial charge is 0.361 e. The van der Waals surface area contributed by atoms with Gasteiger partial charge in [0.15, 0.2) is 0 Å². The van der Waals surface area contributed by atoms with E-state index in [9.17, 15) is 4.79 Å². The number of aromatic nitrogens is 1. The minimum Gasteiger partial charge on any atom is -0.361 e. The lowest BCUT2D eigenvalue weighted by Gasteiger charge is -2.34. The Morgan fingerprint density at radius 1 is 1.07 bits per heavy atom. The molecule has 6 heteroatoms. The average Bonchev–Trinajstić information content (AvgIpc) is 3.11. The zero-order chi connectivity index (χ0) is 18.6. The summed E-state index contributed by atoms with van der Waals surface area (Å²) in [7, 11) is 0. The molecule has 1 aliphatic heterocycles. The Morgan fingerprint density at radius 3 is 2.59 bits per heavy atom. The molecule has 2 aromatic carbocycles. The van der Waals surface area contributed by atoms with E-state index in [2.05, 4.69) is 40.4 Å². The number of amides is 1. The van der Waals surface area contributed by atoms with Crippen LogP contribution in [0.5, 0.6) is 0 Å². The summed E-state index contributed by atoms with van der Waals surface area (Å²) >= 11 is 1.62. The van der Waals surface area contributed by atoms with Crippen LogP contribution in [0, 0.1) is 6.92 Å². The standard InChI is InChI=1S/C21H23N3O2S/c1-16-12-19(22-26-16)14-23-8-10-24(11-9-23)21(25)15-27-20-7-6-17-4-2-3-5-18(17)13-20/h2-7,12-13H,8-11,14-15H2,1H3. The van der Waals surface area contributed by atoms with Crippen LogP contribution in [0.1, 0.15) is 11.5 Å². The molecule has 0 bridgehead atoms. The normalized spacial score (nSPS) is 15.4. The summed E-state index contributed by atoms with van der Waals surface area (Å²) in [6, 6.07) is 16.6. The van der Waals surface area contributed by atoms with Gasteiger partial charge in [-0.15, -0.1) is 11.8 Å². The molecule has 1 aromatic heterocycles. The third-order valence-electron chi connectivity index (χ3n) is 4.87. The molecule has 3 aromatic rings. The highest BCUT2D eigenvalue weighted by Gasteiger charge is 2.21. The Hall–Kier alpha value is -2.31. The van der Waals surface area contributed by atoms with Gasteiger partial charge in [-0.1, -0.05) is 35.5 Å². The minimum atomic E-state index is 0.213. The van der Waals surface area contributed by atoms with E-state index in [4.69, 9.17) is 4.52 Å². The fourth-order valence-corrected chi connectivity index (χ4v) is 4.22. The fourth-order valence-electron chi connectivity index (χ4n) is 3.37. The Balaban J connectivity index is 1.26. The smallest absolute Gasteiger partial charge is 0.233 e. The van der Waals surface area contributed by atoms with E-state index in [1.54, 1.807) is 11.8 Å². The highest BCUT2D eigenvalue weighted by atomic mass is 32.2. The first kappa shape index (κ1) is 18.1. The second-order valence-electron chi connectivity index (χ2n) is 6.88. The number of fused-ring (bicyclic) bond motifs is 1. The van der Waals surface area contributed by atoms with Crippen molar-refractivity contribution in [2.24, 2.45) is 0 Å². The summed E-state index contributed by atoms with van der Waals surface area (Å²) in [5.41, 5.74) is 0.958. The van der Waals surface area contributed by atoms with Crippen LogP contribution in [0.2, 0.25) is 0 Å². The van der Waals surface area contributed by atoms with Gasteiger partial charge in [0.05, 0.1) is 11.4 Å². The molecule has 0 atom stereocenters. The molecule has 0 radical (unpaired) electrons. The van der Waals surface area contributed by atoms with Gasteiger partial charge in [-0.3, -0.25) is 9.69 Å². The van der Waals surface area contributed by atoms with E-state index >= 15 is 0 Å². The molecule has 2 heterocycles. The lowest BCUT2D eigenvalue weighted by atomic mass is 10.1. The van der Waals surface area contributed by atoms with Gasteiger partial charge in [0.2, 0.25) is 5.91 Å². The van der Waals surface area contributed by atoms with Crippen LogP contribution in [0.4, 0.5) is 0 Å². The third-order valence-corrected chi connectivity index (χ3v) is 5.85.